The van der Waals surface area contributed by atoms with Crippen molar-refractivity contribution in [2.45, 2.75) is 19.5 Å². The molecule has 130 valence electrons. The highest BCUT2D eigenvalue weighted by Gasteiger charge is 2.12. The number of anilines is 1. The fourth-order valence-electron chi connectivity index (χ4n) is 2.24. The third-order valence-corrected chi connectivity index (χ3v) is 4.28. The Hall–Kier alpha value is -2.02. The first-order chi connectivity index (χ1) is 12.0. The van der Waals surface area contributed by atoms with Crippen LogP contribution in [0.5, 0.6) is 0 Å². The number of carbonyl (C=O) groups is 1. The molecule has 0 saturated carbocycles. The van der Waals surface area contributed by atoms with Crippen molar-refractivity contribution in [1.29, 1.82) is 0 Å². The largest absolute Gasteiger partial charge is 0.308 e. The van der Waals surface area contributed by atoms with Crippen LogP contribution in [0.3, 0.4) is 0 Å². The summed E-state index contributed by atoms with van der Waals surface area (Å²) in [6, 6.07) is 7.48. The predicted molar refractivity (Wildman–Crippen MR) is 98.3 cm³/mol. The van der Waals surface area contributed by atoms with E-state index in [9.17, 15) is 4.79 Å². The lowest BCUT2D eigenvalue weighted by atomic mass is 10.2. The Morgan fingerprint density at radius 2 is 1.88 bits per heavy atom. The lowest BCUT2D eigenvalue weighted by Crippen LogP contribution is -2.15. The van der Waals surface area contributed by atoms with E-state index in [1.165, 1.54) is 6.20 Å². The van der Waals surface area contributed by atoms with Gasteiger partial charge in [-0.25, -0.2) is 0 Å². The zero-order chi connectivity index (χ0) is 17.8. The van der Waals surface area contributed by atoms with Gasteiger partial charge in [0.15, 0.2) is 5.82 Å². The number of aromatic nitrogens is 4. The van der Waals surface area contributed by atoms with Gasteiger partial charge in [-0.15, -0.1) is 0 Å². The van der Waals surface area contributed by atoms with Gasteiger partial charge in [0.25, 0.3) is 0 Å². The number of hydrogen-bond acceptors (Lipinski definition) is 3. The third-order valence-electron chi connectivity index (χ3n) is 3.43. The van der Waals surface area contributed by atoms with Gasteiger partial charge >= 0.3 is 0 Å². The molecule has 0 atom stereocenters. The Labute approximate surface area is 159 Å². The van der Waals surface area contributed by atoms with Crippen LogP contribution in [0.4, 0.5) is 5.82 Å². The van der Waals surface area contributed by atoms with E-state index >= 15 is 0 Å². The number of nitrogens with one attached hydrogen (secondary N) is 1. The van der Waals surface area contributed by atoms with Gasteiger partial charge in [0.1, 0.15) is 5.02 Å². The van der Waals surface area contributed by atoms with Gasteiger partial charge in [-0.05, 0) is 11.6 Å². The van der Waals surface area contributed by atoms with Crippen LogP contribution in [0.1, 0.15) is 12.0 Å². The number of hydrogen-bond donors (Lipinski definition) is 1. The first-order valence-corrected chi connectivity index (χ1v) is 8.59. The maximum Gasteiger partial charge on any atom is 0.227 e. The van der Waals surface area contributed by atoms with Gasteiger partial charge in [-0.3, -0.25) is 14.2 Å². The zero-order valence-electron chi connectivity index (χ0n) is 13.0. The quantitative estimate of drug-likeness (QED) is 0.679. The molecule has 9 heteroatoms. The number of amides is 1. The van der Waals surface area contributed by atoms with Gasteiger partial charge in [0.05, 0.1) is 17.8 Å². The molecule has 0 unspecified atom stereocenters. The van der Waals surface area contributed by atoms with E-state index in [1.807, 2.05) is 24.3 Å². The zero-order valence-corrected chi connectivity index (χ0v) is 15.3. The second-order valence-corrected chi connectivity index (χ2v) is 6.59. The van der Waals surface area contributed by atoms with Crippen LogP contribution in [-0.4, -0.2) is 25.5 Å². The van der Waals surface area contributed by atoms with Crippen molar-refractivity contribution in [3.05, 3.63) is 63.5 Å². The molecule has 1 N–H and O–H groups in total. The van der Waals surface area contributed by atoms with E-state index < -0.39 is 0 Å². The summed E-state index contributed by atoms with van der Waals surface area (Å²) in [5, 5.41) is 12.6. The standard InChI is InChI=1S/C16H14Cl3N5O/c17-12-7-20-23(9-12)6-5-15(25)21-16-14(19)10-24(22-16)8-11-3-1-2-4-13(11)18/h1-4,7,9-10H,5-6,8H2,(H,21,22,25). The molecule has 3 rings (SSSR count). The van der Waals surface area contributed by atoms with Crippen LogP contribution < -0.4 is 5.32 Å². The first kappa shape index (κ1) is 17.8. The molecule has 25 heavy (non-hydrogen) atoms. The molecule has 0 aliphatic rings. The summed E-state index contributed by atoms with van der Waals surface area (Å²) >= 11 is 18.1. The molecule has 0 spiro atoms. The van der Waals surface area contributed by atoms with Crippen LogP contribution in [0.15, 0.2) is 42.9 Å². The molecular weight excluding hydrogens is 385 g/mol. The smallest absolute Gasteiger partial charge is 0.227 e. The fourth-order valence-corrected chi connectivity index (χ4v) is 2.78. The molecule has 0 radical (unpaired) electrons. The molecule has 3 aromatic rings. The average molecular weight is 399 g/mol. The number of carbonyl (C=O) groups excluding carboxylic acids is 1. The number of halogens is 3. The van der Waals surface area contributed by atoms with Gasteiger partial charge in [-0.2, -0.15) is 10.2 Å². The number of benzene rings is 1. The monoisotopic (exact) mass is 397 g/mol. The fraction of sp³-hybridized carbons (Fsp3) is 0.188. The molecule has 0 aliphatic heterocycles. The predicted octanol–water partition coefficient (Wildman–Crippen LogP) is 4.12. The molecule has 6 nitrogen and oxygen atoms in total. The Bertz CT molecular complexity index is 890. The summed E-state index contributed by atoms with van der Waals surface area (Å²) < 4.78 is 3.23. The molecule has 0 bridgehead atoms. The molecule has 1 aromatic carbocycles. The lowest BCUT2D eigenvalue weighted by Gasteiger charge is -2.05. The Morgan fingerprint density at radius 1 is 1.08 bits per heavy atom. The van der Waals surface area contributed by atoms with Crippen LogP contribution in [-0.2, 0) is 17.9 Å². The van der Waals surface area contributed by atoms with Crippen LogP contribution in [0.25, 0.3) is 0 Å². The second-order valence-electron chi connectivity index (χ2n) is 5.33. The molecule has 0 fully saturated rings. The van der Waals surface area contributed by atoms with E-state index in [1.54, 1.807) is 21.8 Å². The van der Waals surface area contributed by atoms with Gasteiger partial charge < -0.3 is 5.32 Å². The number of rotatable bonds is 6. The van der Waals surface area contributed by atoms with Gasteiger partial charge in [0.2, 0.25) is 5.91 Å². The summed E-state index contributed by atoms with van der Waals surface area (Å²) in [5.41, 5.74) is 0.914. The summed E-state index contributed by atoms with van der Waals surface area (Å²) in [4.78, 5) is 12.1. The van der Waals surface area contributed by atoms with E-state index in [2.05, 4.69) is 15.5 Å². The van der Waals surface area contributed by atoms with Crippen molar-refractivity contribution in [2.75, 3.05) is 5.32 Å². The normalized spacial score (nSPS) is 10.8. The highest BCUT2D eigenvalue weighted by molar-refractivity contribution is 6.33. The van der Waals surface area contributed by atoms with Crippen molar-refractivity contribution in [2.24, 2.45) is 0 Å². The van der Waals surface area contributed by atoms with Crippen molar-refractivity contribution in [3.8, 4) is 0 Å². The highest BCUT2D eigenvalue weighted by atomic mass is 35.5. The SMILES string of the molecule is O=C(CCn1cc(Cl)cn1)Nc1nn(Cc2ccccc2Cl)cc1Cl. The van der Waals surface area contributed by atoms with Gasteiger partial charge in [-0.1, -0.05) is 53.0 Å². The molecule has 1 amide bonds. The molecule has 0 aliphatic carbocycles. The third kappa shape index (κ3) is 4.75. The van der Waals surface area contributed by atoms with Crippen LogP contribution in [0.2, 0.25) is 15.1 Å². The molecule has 2 heterocycles. The first-order valence-electron chi connectivity index (χ1n) is 7.45. The Kier molecular flexibility index (Phi) is 5.63. The van der Waals surface area contributed by atoms with Gasteiger partial charge in [0, 0.05) is 30.4 Å². The summed E-state index contributed by atoms with van der Waals surface area (Å²) in [6.07, 6.45) is 5.05. The maximum absolute atomic E-state index is 12.1. The maximum atomic E-state index is 12.1. The van der Waals surface area contributed by atoms with Crippen molar-refractivity contribution in [1.82, 2.24) is 19.6 Å². The van der Waals surface area contributed by atoms with E-state index in [4.69, 9.17) is 34.8 Å². The summed E-state index contributed by atoms with van der Waals surface area (Å²) in [5.74, 6) is 0.105. The van der Waals surface area contributed by atoms with Crippen molar-refractivity contribution < 1.29 is 4.79 Å². The van der Waals surface area contributed by atoms with Crippen molar-refractivity contribution >= 4 is 46.5 Å². The highest BCUT2D eigenvalue weighted by Crippen LogP contribution is 2.22. The molecule has 2 aromatic heterocycles. The summed E-state index contributed by atoms with van der Waals surface area (Å²) in [6.45, 7) is 0.873. The Morgan fingerprint density at radius 3 is 2.60 bits per heavy atom. The van der Waals surface area contributed by atoms with E-state index in [0.717, 1.165) is 5.56 Å². The van der Waals surface area contributed by atoms with E-state index in [-0.39, 0.29) is 12.3 Å². The minimum Gasteiger partial charge on any atom is -0.308 e. The Balaban J connectivity index is 1.60. The minimum absolute atomic E-state index is 0.212. The van der Waals surface area contributed by atoms with Crippen LogP contribution >= 0.6 is 34.8 Å². The lowest BCUT2D eigenvalue weighted by molar-refractivity contribution is -0.116. The molecular formula is C16H14Cl3N5O. The van der Waals surface area contributed by atoms with Crippen molar-refractivity contribution in [3.63, 3.8) is 0 Å². The van der Waals surface area contributed by atoms with E-state index in [0.29, 0.717) is 34.0 Å². The average Bonchev–Trinajstić information content (AvgIpc) is 3.14. The minimum atomic E-state index is -0.212. The number of nitrogens with zero attached hydrogens (tertiary/aromatic N) is 4. The van der Waals surface area contributed by atoms with Crippen LogP contribution in [0, 0.1) is 0 Å². The topological polar surface area (TPSA) is 64.7 Å². The number of aryl methyl sites for hydroxylation is 1. The summed E-state index contributed by atoms with van der Waals surface area (Å²) in [7, 11) is 0. The second kappa shape index (κ2) is 7.91. The molecule has 0 saturated heterocycles.